The van der Waals surface area contributed by atoms with E-state index in [4.69, 9.17) is 14.2 Å². The fraction of sp³-hybridized carbons (Fsp3) is 0.852. The van der Waals surface area contributed by atoms with Gasteiger partial charge in [-0.15, -0.1) is 0 Å². The van der Waals surface area contributed by atoms with Gasteiger partial charge in [0.25, 0.3) is 0 Å². The first kappa shape index (κ1) is 64.6. The summed E-state index contributed by atoms with van der Waals surface area (Å²) in [6.07, 6.45) is 67.1. The monoisotopic (exact) mass is 941 g/mol. The Morgan fingerprint density at radius 2 is 0.537 bits per heavy atom. The van der Waals surface area contributed by atoms with E-state index in [1.165, 1.54) is 199 Å². The molecule has 0 radical (unpaired) electrons. The lowest BCUT2D eigenvalue weighted by Gasteiger charge is -2.18. The average molecular weight is 942 g/mol. The van der Waals surface area contributed by atoms with Crippen molar-refractivity contribution in [1.29, 1.82) is 0 Å². The van der Waals surface area contributed by atoms with Gasteiger partial charge in [-0.2, -0.15) is 0 Å². The predicted molar refractivity (Wildman–Crippen MR) is 289 cm³/mol. The van der Waals surface area contributed by atoms with E-state index >= 15 is 0 Å². The van der Waals surface area contributed by atoms with Gasteiger partial charge in [0.15, 0.2) is 6.10 Å². The molecule has 0 aromatic heterocycles. The summed E-state index contributed by atoms with van der Waals surface area (Å²) < 4.78 is 16.9. The molecule has 0 saturated carbocycles. The molecule has 0 saturated heterocycles. The van der Waals surface area contributed by atoms with Crippen molar-refractivity contribution in [3.63, 3.8) is 0 Å². The molecule has 0 spiro atoms. The van der Waals surface area contributed by atoms with Crippen molar-refractivity contribution in [3.05, 3.63) is 36.5 Å². The maximum Gasteiger partial charge on any atom is 0.306 e. The molecule has 0 heterocycles. The molecular weight excluding hydrogens is 829 g/mol. The Balaban J connectivity index is 4.31. The van der Waals surface area contributed by atoms with Crippen molar-refractivity contribution in [2.45, 2.75) is 322 Å². The third-order valence-corrected chi connectivity index (χ3v) is 13.1. The topological polar surface area (TPSA) is 78.9 Å². The van der Waals surface area contributed by atoms with Crippen LogP contribution >= 0.6 is 0 Å². The van der Waals surface area contributed by atoms with Gasteiger partial charge in [-0.25, -0.2) is 0 Å². The van der Waals surface area contributed by atoms with Gasteiger partial charge in [0.1, 0.15) is 13.2 Å². The first-order valence-electron chi connectivity index (χ1n) is 29.5. The Bertz CT molecular complexity index is 1130. The van der Waals surface area contributed by atoms with Crippen LogP contribution in [0.25, 0.3) is 0 Å². The highest BCUT2D eigenvalue weighted by Crippen LogP contribution is 2.17. The second-order valence-corrected chi connectivity index (χ2v) is 19.9. The standard InChI is InChI=1S/C61H112O6/c1-4-7-10-13-16-19-22-24-26-28-29-30-31-33-34-36-39-42-45-48-51-54-60(63)66-57-58(56-65-59(62)53-50-47-44-41-38-21-18-15-12-9-6-3)67-61(64)55-52-49-46-43-40-37-35-32-27-25-23-20-17-14-11-8-5-2/h22,24,28-29,31,33,58H,4-21,23,25-27,30,32,34-57H2,1-3H3/b24-22-,29-28-,33-31-. The summed E-state index contributed by atoms with van der Waals surface area (Å²) in [5, 5.41) is 0. The first-order chi connectivity index (χ1) is 33.0. The Hall–Kier alpha value is -2.37. The van der Waals surface area contributed by atoms with Crippen molar-refractivity contribution in [3.8, 4) is 0 Å². The molecule has 0 aliphatic carbocycles. The molecule has 67 heavy (non-hydrogen) atoms. The van der Waals surface area contributed by atoms with Gasteiger partial charge in [0.05, 0.1) is 0 Å². The zero-order valence-electron chi connectivity index (χ0n) is 44.9. The van der Waals surface area contributed by atoms with Gasteiger partial charge < -0.3 is 14.2 Å². The Kier molecular flexibility index (Phi) is 54.2. The lowest BCUT2D eigenvalue weighted by Crippen LogP contribution is -2.30. The normalized spacial score (nSPS) is 12.2. The second-order valence-electron chi connectivity index (χ2n) is 19.9. The highest BCUT2D eigenvalue weighted by Gasteiger charge is 2.19. The van der Waals surface area contributed by atoms with Crippen LogP contribution < -0.4 is 0 Å². The largest absolute Gasteiger partial charge is 0.462 e. The summed E-state index contributed by atoms with van der Waals surface area (Å²) in [6.45, 7) is 6.65. The third kappa shape index (κ3) is 54.4. The van der Waals surface area contributed by atoms with Gasteiger partial charge in [0.2, 0.25) is 0 Å². The number of carbonyl (C=O) groups is 3. The fourth-order valence-electron chi connectivity index (χ4n) is 8.69. The van der Waals surface area contributed by atoms with Crippen molar-refractivity contribution in [2.75, 3.05) is 13.2 Å². The molecule has 6 heteroatoms. The molecule has 0 aliphatic heterocycles. The van der Waals surface area contributed by atoms with E-state index in [1.807, 2.05) is 0 Å². The van der Waals surface area contributed by atoms with Crippen LogP contribution in [-0.4, -0.2) is 37.2 Å². The number of allylic oxidation sites excluding steroid dienone is 6. The zero-order valence-corrected chi connectivity index (χ0v) is 44.9. The number of hydrogen-bond donors (Lipinski definition) is 0. The molecule has 0 fully saturated rings. The van der Waals surface area contributed by atoms with Crippen LogP contribution in [0.2, 0.25) is 0 Å². The minimum atomic E-state index is -0.773. The van der Waals surface area contributed by atoms with Gasteiger partial charge in [0, 0.05) is 19.3 Å². The highest BCUT2D eigenvalue weighted by atomic mass is 16.6. The van der Waals surface area contributed by atoms with Crippen LogP contribution in [0, 0.1) is 0 Å². The van der Waals surface area contributed by atoms with Gasteiger partial charge >= 0.3 is 17.9 Å². The van der Waals surface area contributed by atoms with Crippen LogP contribution in [0.3, 0.4) is 0 Å². The minimum absolute atomic E-state index is 0.0717. The molecular formula is C61H112O6. The first-order valence-corrected chi connectivity index (χ1v) is 29.5. The molecule has 0 aromatic rings. The molecule has 0 amide bonds. The maximum absolute atomic E-state index is 12.8. The third-order valence-electron chi connectivity index (χ3n) is 13.1. The Labute approximate surface area is 416 Å². The van der Waals surface area contributed by atoms with E-state index in [1.54, 1.807) is 0 Å². The molecule has 0 N–H and O–H groups in total. The smallest absolute Gasteiger partial charge is 0.306 e. The maximum atomic E-state index is 12.8. The number of hydrogen-bond acceptors (Lipinski definition) is 6. The molecule has 0 rings (SSSR count). The van der Waals surface area contributed by atoms with Gasteiger partial charge in [-0.05, 0) is 57.8 Å². The van der Waals surface area contributed by atoms with Crippen molar-refractivity contribution in [1.82, 2.24) is 0 Å². The highest BCUT2D eigenvalue weighted by molar-refractivity contribution is 5.71. The van der Waals surface area contributed by atoms with Crippen molar-refractivity contribution in [2.24, 2.45) is 0 Å². The molecule has 0 aliphatic rings. The van der Waals surface area contributed by atoms with Crippen LogP contribution in [0.15, 0.2) is 36.5 Å². The van der Waals surface area contributed by atoms with E-state index in [2.05, 4.69) is 57.2 Å². The van der Waals surface area contributed by atoms with Crippen molar-refractivity contribution < 1.29 is 28.6 Å². The number of ether oxygens (including phenoxy) is 3. The summed E-state index contributed by atoms with van der Waals surface area (Å²) in [4.78, 5) is 38.1. The summed E-state index contributed by atoms with van der Waals surface area (Å²) in [6, 6.07) is 0. The number of carbonyl (C=O) groups excluding carboxylic acids is 3. The van der Waals surface area contributed by atoms with E-state index in [-0.39, 0.29) is 31.1 Å². The van der Waals surface area contributed by atoms with Crippen LogP contribution in [0.4, 0.5) is 0 Å². The molecule has 0 bridgehead atoms. The zero-order chi connectivity index (χ0) is 48.6. The molecule has 392 valence electrons. The number of esters is 3. The average Bonchev–Trinajstić information content (AvgIpc) is 3.33. The molecule has 6 nitrogen and oxygen atoms in total. The summed E-state index contributed by atoms with van der Waals surface area (Å²) in [5.74, 6) is -0.866. The van der Waals surface area contributed by atoms with Gasteiger partial charge in [-0.3, -0.25) is 14.4 Å². The Morgan fingerprint density at radius 3 is 0.836 bits per heavy atom. The summed E-state index contributed by atoms with van der Waals surface area (Å²) in [5.41, 5.74) is 0. The van der Waals surface area contributed by atoms with E-state index < -0.39 is 6.10 Å². The van der Waals surface area contributed by atoms with Gasteiger partial charge in [-0.1, -0.05) is 276 Å². The van der Waals surface area contributed by atoms with Crippen LogP contribution in [0.5, 0.6) is 0 Å². The SMILES string of the molecule is CCCCCCC/C=C\C/C=C\C/C=C\CCCCCCCCC(=O)OCC(COC(=O)CCCCCCCCCCCCC)OC(=O)CCCCCCCCCCCCCCCCCCC. The van der Waals surface area contributed by atoms with E-state index in [0.717, 1.165) is 77.0 Å². The molecule has 1 unspecified atom stereocenters. The van der Waals surface area contributed by atoms with Crippen LogP contribution in [-0.2, 0) is 28.6 Å². The predicted octanol–water partition coefficient (Wildman–Crippen LogP) is 19.7. The summed E-state index contributed by atoms with van der Waals surface area (Å²) in [7, 11) is 0. The summed E-state index contributed by atoms with van der Waals surface area (Å²) >= 11 is 0. The van der Waals surface area contributed by atoms with E-state index in [0.29, 0.717) is 19.3 Å². The van der Waals surface area contributed by atoms with Crippen LogP contribution in [0.1, 0.15) is 316 Å². The fourth-order valence-corrected chi connectivity index (χ4v) is 8.69. The molecule has 1 atom stereocenters. The van der Waals surface area contributed by atoms with E-state index in [9.17, 15) is 14.4 Å². The quantitative estimate of drug-likeness (QED) is 0.0262. The number of unbranched alkanes of at least 4 members (excludes halogenated alkanes) is 37. The molecule has 0 aromatic carbocycles. The Morgan fingerprint density at radius 1 is 0.299 bits per heavy atom. The second kappa shape index (κ2) is 56.2. The van der Waals surface area contributed by atoms with Crippen molar-refractivity contribution >= 4 is 17.9 Å². The lowest BCUT2D eigenvalue weighted by atomic mass is 10.0. The number of rotatable bonds is 54. The lowest BCUT2D eigenvalue weighted by molar-refractivity contribution is -0.167. The minimum Gasteiger partial charge on any atom is -0.462 e.